The van der Waals surface area contributed by atoms with Gasteiger partial charge in [0.05, 0.1) is 10.2 Å². The average molecular weight is 390 g/mol. The van der Waals surface area contributed by atoms with Gasteiger partial charge in [-0.25, -0.2) is 0 Å². The minimum absolute atomic E-state index is 0.0169. The Balaban J connectivity index is 1.76. The van der Waals surface area contributed by atoms with Crippen molar-refractivity contribution in [3.05, 3.63) is 45.8 Å². The number of nitrogens with zero attached hydrogens (tertiary/aromatic N) is 7. The number of aryl methyl sites for hydroxylation is 1. The lowest BCUT2D eigenvalue weighted by molar-refractivity contribution is 0.551. The van der Waals surface area contributed by atoms with Crippen molar-refractivity contribution in [2.24, 2.45) is 0 Å². The molecule has 4 rings (SSSR count). The van der Waals surface area contributed by atoms with E-state index in [1.165, 1.54) is 11.3 Å². The lowest BCUT2D eigenvalue weighted by Gasteiger charge is -2.07. The highest BCUT2D eigenvalue weighted by atomic mass is 79.9. The third-order valence-electron chi connectivity index (χ3n) is 3.51. The molecule has 0 N–H and O–H groups in total. The van der Waals surface area contributed by atoms with E-state index < -0.39 is 0 Å². The Bertz CT molecular complexity index is 952. The summed E-state index contributed by atoms with van der Waals surface area (Å²) in [7, 11) is 0. The fourth-order valence-electron chi connectivity index (χ4n) is 2.23. The number of halogens is 1. The van der Waals surface area contributed by atoms with Gasteiger partial charge < -0.3 is 0 Å². The summed E-state index contributed by atoms with van der Waals surface area (Å²) < 4.78 is 4.62. The van der Waals surface area contributed by atoms with Crippen LogP contribution >= 0.6 is 27.3 Å². The van der Waals surface area contributed by atoms with Crippen molar-refractivity contribution >= 4 is 32.2 Å². The first-order valence-electron chi connectivity index (χ1n) is 6.98. The first kappa shape index (κ1) is 14.5. The van der Waals surface area contributed by atoms with Gasteiger partial charge in [-0.2, -0.15) is 14.7 Å². The van der Waals surface area contributed by atoms with Crippen molar-refractivity contribution in [2.45, 2.75) is 19.9 Å². The second kappa shape index (κ2) is 5.50. The molecule has 0 aliphatic carbocycles. The van der Waals surface area contributed by atoms with E-state index in [-0.39, 0.29) is 6.04 Å². The Hall–Kier alpha value is -2.13. The molecule has 9 heteroatoms. The Labute approximate surface area is 144 Å². The molecule has 0 aromatic carbocycles. The Morgan fingerprint density at radius 1 is 1.22 bits per heavy atom. The third kappa shape index (κ3) is 2.45. The molecular formula is C14H12BrN7S. The summed E-state index contributed by atoms with van der Waals surface area (Å²) in [6.07, 6.45) is 3.69. The van der Waals surface area contributed by atoms with Crippen LogP contribution in [0.2, 0.25) is 0 Å². The predicted molar refractivity (Wildman–Crippen MR) is 90.4 cm³/mol. The highest BCUT2D eigenvalue weighted by Crippen LogP contribution is 2.27. The zero-order valence-corrected chi connectivity index (χ0v) is 14.8. The van der Waals surface area contributed by atoms with E-state index in [2.05, 4.69) is 48.2 Å². The molecule has 0 bridgehead atoms. The van der Waals surface area contributed by atoms with Gasteiger partial charge in [-0.05, 0) is 41.9 Å². The van der Waals surface area contributed by atoms with Crippen LogP contribution in [0.4, 0.5) is 0 Å². The van der Waals surface area contributed by atoms with E-state index >= 15 is 0 Å². The van der Waals surface area contributed by atoms with Gasteiger partial charge in [-0.3, -0.25) is 9.67 Å². The van der Waals surface area contributed by atoms with Gasteiger partial charge >= 0.3 is 0 Å². The smallest absolute Gasteiger partial charge is 0.235 e. The molecule has 4 aromatic rings. The Morgan fingerprint density at radius 2 is 2.09 bits per heavy atom. The molecule has 116 valence electrons. The van der Waals surface area contributed by atoms with Crippen LogP contribution in [0.3, 0.4) is 0 Å². The molecule has 0 saturated carbocycles. The van der Waals surface area contributed by atoms with E-state index in [0.717, 1.165) is 25.8 Å². The number of rotatable bonds is 3. The van der Waals surface area contributed by atoms with Crippen LogP contribution in [0.15, 0.2) is 35.1 Å². The molecule has 4 aromatic heterocycles. The van der Waals surface area contributed by atoms with Crippen LogP contribution in [-0.4, -0.2) is 34.6 Å². The van der Waals surface area contributed by atoms with E-state index in [0.29, 0.717) is 5.82 Å². The maximum absolute atomic E-state index is 4.66. The summed E-state index contributed by atoms with van der Waals surface area (Å²) in [5.74, 6) is 0.646. The summed E-state index contributed by atoms with van der Waals surface area (Å²) in [4.78, 5) is 5.06. The van der Waals surface area contributed by atoms with Crippen LogP contribution in [0, 0.1) is 6.92 Å². The maximum atomic E-state index is 4.66. The van der Waals surface area contributed by atoms with E-state index in [1.807, 2.05) is 36.0 Å². The first-order chi connectivity index (χ1) is 11.1. The van der Waals surface area contributed by atoms with Gasteiger partial charge in [-0.15, -0.1) is 10.2 Å². The molecule has 0 spiro atoms. The van der Waals surface area contributed by atoms with Crippen LogP contribution < -0.4 is 0 Å². The summed E-state index contributed by atoms with van der Waals surface area (Å²) >= 11 is 5.00. The fourth-order valence-corrected chi connectivity index (χ4v) is 3.40. The number of aromatic nitrogens is 7. The van der Waals surface area contributed by atoms with Crippen LogP contribution in [-0.2, 0) is 0 Å². The fraction of sp³-hybridized carbons (Fsp3) is 0.214. The zero-order chi connectivity index (χ0) is 16.0. The number of hydrogen-bond donors (Lipinski definition) is 0. The van der Waals surface area contributed by atoms with Crippen molar-refractivity contribution < 1.29 is 0 Å². The number of fused-ring (bicyclic) bond motifs is 1. The highest BCUT2D eigenvalue weighted by Gasteiger charge is 2.19. The van der Waals surface area contributed by atoms with E-state index in [9.17, 15) is 0 Å². The molecule has 23 heavy (non-hydrogen) atoms. The van der Waals surface area contributed by atoms with Gasteiger partial charge in [0.2, 0.25) is 10.8 Å². The molecule has 0 radical (unpaired) electrons. The van der Waals surface area contributed by atoms with Crippen LogP contribution in [0.25, 0.3) is 16.5 Å². The Kier molecular flexibility index (Phi) is 3.46. The second-order valence-corrected chi connectivity index (χ2v) is 6.93. The van der Waals surface area contributed by atoms with E-state index in [1.54, 1.807) is 10.7 Å². The summed E-state index contributed by atoms with van der Waals surface area (Å²) in [5, 5.41) is 18.5. The van der Waals surface area contributed by atoms with Crippen molar-refractivity contribution in [1.29, 1.82) is 0 Å². The predicted octanol–water partition coefficient (Wildman–Crippen LogP) is 3.12. The van der Waals surface area contributed by atoms with Gasteiger partial charge in [0.15, 0.2) is 0 Å². The summed E-state index contributed by atoms with van der Waals surface area (Å²) in [6, 6.07) is 5.70. The SMILES string of the molecule is Cc1nn(C(C)c2nn3c(-c4ccccn4)nnc3s2)cc1Br. The topological polar surface area (TPSA) is 73.8 Å². The lowest BCUT2D eigenvalue weighted by atomic mass is 10.3. The molecule has 0 aliphatic heterocycles. The van der Waals surface area contributed by atoms with Crippen molar-refractivity contribution in [3.63, 3.8) is 0 Å². The summed E-state index contributed by atoms with van der Waals surface area (Å²) in [6.45, 7) is 4.02. The highest BCUT2D eigenvalue weighted by molar-refractivity contribution is 9.10. The summed E-state index contributed by atoms with van der Waals surface area (Å²) in [5.41, 5.74) is 1.70. The molecule has 4 heterocycles. The maximum Gasteiger partial charge on any atom is 0.235 e. The first-order valence-corrected chi connectivity index (χ1v) is 8.59. The van der Waals surface area contributed by atoms with Crippen LogP contribution in [0.1, 0.15) is 23.7 Å². The molecule has 1 atom stereocenters. The monoisotopic (exact) mass is 389 g/mol. The number of hydrogen-bond acceptors (Lipinski definition) is 6. The molecule has 0 aliphatic rings. The average Bonchev–Trinajstić information content (AvgIpc) is 3.22. The molecule has 0 amide bonds. The van der Waals surface area contributed by atoms with Gasteiger partial charge in [0.1, 0.15) is 16.7 Å². The third-order valence-corrected chi connectivity index (χ3v) is 5.36. The zero-order valence-electron chi connectivity index (χ0n) is 12.4. The van der Waals surface area contributed by atoms with Gasteiger partial charge in [0, 0.05) is 12.4 Å². The van der Waals surface area contributed by atoms with Gasteiger partial charge in [-0.1, -0.05) is 17.4 Å². The van der Waals surface area contributed by atoms with Crippen molar-refractivity contribution in [1.82, 2.24) is 34.6 Å². The largest absolute Gasteiger partial charge is 0.262 e. The van der Waals surface area contributed by atoms with Crippen LogP contribution in [0.5, 0.6) is 0 Å². The minimum atomic E-state index is 0.0169. The quantitative estimate of drug-likeness (QED) is 0.538. The molecular weight excluding hydrogens is 378 g/mol. The van der Waals surface area contributed by atoms with Crippen molar-refractivity contribution in [2.75, 3.05) is 0 Å². The molecule has 0 fully saturated rings. The lowest BCUT2D eigenvalue weighted by Crippen LogP contribution is -2.08. The normalized spacial score (nSPS) is 12.8. The number of pyridine rings is 1. The standard InChI is InChI=1S/C14H12BrN7S/c1-8-10(15)7-21(19-8)9(2)13-20-22-12(17-18-14(22)23-13)11-5-3-4-6-16-11/h3-7,9H,1-2H3. The molecule has 1 unspecified atom stereocenters. The Morgan fingerprint density at radius 3 is 2.78 bits per heavy atom. The van der Waals surface area contributed by atoms with Crippen molar-refractivity contribution in [3.8, 4) is 11.5 Å². The molecule has 7 nitrogen and oxygen atoms in total. The molecule has 0 saturated heterocycles. The van der Waals surface area contributed by atoms with Gasteiger partial charge in [0.25, 0.3) is 0 Å². The second-order valence-electron chi connectivity index (χ2n) is 5.09. The van der Waals surface area contributed by atoms with E-state index in [4.69, 9.17) is 0 Å². The minimum Gasteiger partial charge on any atom is -0.262 e.